The average molecular weight is 279 g/mol. The number of amides is 1. The van der Waals surface area contributed by atoms with Crippen molar-refractivity contribution < 1.29 is 19.1 Å². The topological polar surface area (TPSA) is 64.6 Å². The molecular weight excluding hydrogens is 258 g/mol. The van der Waals surface area contributed by atoms with E-state index < -0.39 is 11.7 Å². The van der Waals surface area contributed by atoms with Crippen molar-refractivity contribution in [3.05, 3.63) is 22.8 Å². The zero-order chi connectivity index (χ0) is 15.5. The number of hydrogen-bond acceptors (Lipinski definition) is 4. The molecule has 0 radical (unpaired) electrons. The minimum Gasteiger partial charge on any atom is -0.496 e. The summed E-state index contributed by atoms with van der Waals surface area (Å²) >= 11 is 0. The lowest BCUT2D eigenvalue weighted by Gasteiger charge is -2.21. The van der Waals surface area contributed by atoms with Crippen molar-refractivity contribution in [3.63, 3.8) is 0 Å². The van der Waals surface area contributed by atoms with Gasteiger partial charge < -0.3 is 9.47 Å². The Balaban J connectivity index is 3.11. The monoisotopic (exact) mass is 279 g/mol. The van der Waals surface area contributed by atoms with Crippen molar-refractivity contribution >= 4 is 18.1 Å². The van der Waals surface area contributed by atoms with E-state index in [2.05, 4.69) is 5.32 Å². The van der Waals surface area contributed by atoms with E-state index in [9.17, 15) is 9.59 Å². The highest BCUT2D eigenvalue weighted by Gasteiger charge is 2.19. The molecule has 0 aromatic heterocycles. The Labute approximate surface area is 119 Å². The number of hydrogen-bond donors (Lipinski definition) is 1. The summed E-state index contributed by atoms with van der Waals surface area (Å²) in [5.74, 6) is 0.464. The van der Waals surface area contributed by atoms with Crippen LogP contribution in [0.2, 0.25) is 0 Å². The van der Waals surface area contributed by atoms with E-state index in [0.29, 0.717) is 22.6 Å². The summed E-state index contributed by atoms with van der Waals surface area (Å²) in [5.41, 5.74) is 1.90. The van der Waals surface area contributed by atoms with Gasteiger partial charge in [-0.05, 0) is 46.2 Å². The fourth-order valence-corrected chi connectivity index (χ4v) is 1.86. The normalized spacial score (nSPS) is 10.9. The second-order valence-corrected chi connectivity index (χ2v) is 5.56. The van der Waals surface area contributed by atoms with Crippen LogP contribution in [-0.4, -0.2) is 25.1 Å². The summed E-state index contributed by atoms with van der Waals surface area (Å²) in [7, 11) is 1.49. The third kappa shape index (κ3) is 3.73. The summed E-state index contributed by atoms with van der Waals surface area (Å²) in [6, 6.07) is 1.73. The number of carbonyl (C=O) groups excluding carboxylic acids is 2. The highest BCUT2D eigenvalue weighted by molar-refractivity contribution is 5.90. The molecule has 0 bridgehead atoms. The Hall–Kier alpha value is -2.04. The molecule has 5 heteroatoms. The van der Waals surface area contributed by atoms with Crippen molar-refractivity contribution in [1.82, 2.24) is 0 Å². The molecule has 1 rings (SSSR count). The van der Waals surface area contributed by atoms with Crippen molar-refractivity contribution in [1.29, 1.82) is 0 Å². The van der Waals surface area contributed by atoms with E-state index in [1.165, 1.54) is 7.11 Å². The third-order valence-electron chi connectivity index (χ3n) is 2.73. The van der Waals surface area contributed by atoms with Crippen LogP contribution in [-0.2, 0) is 4.74 Å². The van der Waals surface area contributed by atoms with Gasteiger partial charge in [-0.2, -0.15) is 0 Å². The van der Waals surface area contributed by atoms with Gasteiger partial charge in [0, 0.05) is 5.56 Å². The van der Waals surface area contributed by atoms with Gasteiger partial charge in [-0.15, -0.1) is 0 Å². The molecule has 0 aliphatic rings. The quantitative estimate of drug-likeness (QED) is 0.860. The Morgan fingerprint density at radius 3 is 2.35 bits per heavy atom. The highest BCUT2D eigenvalue weighted by atomic mass is 16.6. The molecule has 110 valence electrons. The molecule has 1 amide bonds. The van der Waals surface area contributed by atoms with E-state index in [4.69, 9.17) is 9.47 Å². The molecule has 5 nitrogen and oxygen atoms in total. The first-order valence-corrected chi connectivity index (χ1v) is 6.33. The van der Waals surface area contributed by atoms with Crippen LogP contribution in [0.25, 0.3) is 0 Å². The maximum absolute atomic E-state index is 11.8. The summed E-state index contributed by atoms with van der Waals surface area (Å²) < 4.78 is 10.5. The molecular formula is C15H21NO4. The Morgan fingerprint density at radius 1 is 1.30 bits per heavy atom. The van der Waals surface area contributed by atoms with Gasteiger partial charge in [0.15, 0.2) is 6.29 Å². The fraction of sp³-hybridized carbons (Fsp3) is 0.467. The Morgan fingerprint density at radius 2 is 1.90 bits per heavy atom. The van der Waals surface area contributed by atoms with Gasteiger partial charge in [-0.25, -0.2) is 4.79 Å². The largest absolute Gasteiger partial charge is 0.496 e. The third-order valence-corrected chi connectivity index (χ3v) is 2.73. The summed E-state index contributed by atoms with van der Waals surface area (Å²) in [6.45, 7) is 8.94. The number of aldehydes is 1. The van der Waals surface area contributed by atoms with E-state index >= 15 is 0 Å². The molecule has 0 spiro atoms. The van der Waals surface area contributed by atoms with E-state index in [1.807, 2.05) is 0 Å². The average Bonchev–Trinajstić information content (AvgIpc) is 2.30. The summed E-state index contributed by atoms with van der Waals surface area (Å²) in [4.78, 5) is 22.9. The lowest BCUT2D eigenvalue weighted by molar-refractivity contribution is 0.0635. The molecule has 0 aliphatic carbocycles. The van der Waals surface area contributed by atoms with Crippen molar-refractivity contribution in [2.45, 2.75) is 40.2 Å². The number of nitrogens with one attached hydrogen (secondary N) is 1. The first-order chi connectivity index (χ1) is 9.19. The number of carbonyl (C=O) groups is 2. The molecule has 0 heterocycles. The predicted octanol–water partition coefficient (Wildman–Crippen LogP) is 3.47. The molecule has 0 atom stereocenters. The molecule has 0 unspecified atom stereocenters. The second kappa shape index (κ2) is 5.94. The summed E-state index contributed by atoms with van der Waals surface area (Å²) in [6.07, 6.45) is 0.208. The van der Waals surface area contributed by atoms with Crippen LogP contribution in [0.5, 0.6) is 5.75 Å². The molecule has 1 N–H and O–H groups in total. The molecule has 1 aromatic carbocycles. The van der Waals surface area contributed by atoms with E-state index in [0.717, 1.165) is 11.8 Å². The zero-order valence-electron chi connectivity index (χ0n) is 12.8. The van der Waals surface area contributed by atoms with Crippen molar-refractivity contribution in [2.75, 3.05) is 12.4 Å². The van der Waals surface area contributed by atoms with Crippen LogP contribution in [0.3, 0.4) is 0 Å². The van der Waals surface area contributed by atoms with E-state index in [1.54, 1.807) is 40.7 Å². The Bertz CT molecular complexity index is 530. The van der Waals surface area contributed by atoms with Crippen LogP contribution >= 0.6 is 0 Å². The minimum atomic E-state index is -0.570. The maximum Gasteiger partial charge on any atom is 0.412 e. The smallest absolute Gasteiger partial charge is 0.412 e. The highest BCUT2D eigenvalue weighted by Crippen LogP contribution is 2.32. The Kier molecular flexibility index (Phi) is 4.76. The first kappa shape index (κ1) is 16.0. The molecule has 1 aromatic rings. The van der Waals surface area contributed by atoms with Crippen LogP contribution < -0.4 is 10.1 Å². The van der Waals surface area contributed by atoms with Crippen molar-refractivity contribution in [3.8, 4) is 5.75 Å². The van der Waals surface area contributed by atoms with Gasteiger partial charge in [0.05, 0.1) is 18.4 Å². The molecule has 20 heavy (non-hydrogen) atoms. The van der Waals surface area contributed by atoms with Crippen LogP contribution in [0, 0.1) is 13.8 Å². The number of aryl methyl sites for hydroxylation is 1. The summed E-state index contributed by atoms with van der Waals surface area (Å²) in [5, 5.41) is 2.68. The molecule has 0 saturated carbocycles. The number of anilines is 1. The lowest BCUT2D eigenvalue weighted by atomic mass is 10.0. The van der Waals surface area contributed by atoms with Crippen LogP contribution in [0.1, 0.15) is 42.3 Å². The SMILES string of the molecule is COc1c(C)c(NC(=O)OC(C)(C)C)cc(C)c1C=O. The number of ether oxygens (including phenoxy) is 2. The predicted molar refractivity (Wildman–Crippen MR) is 77.7 cm³/mol. The molecule has 0 saturated heterocycles. The fourth-order valence-electron chi connectivity index (χ4n) is 1.86. The van der Waals surface area contributed by atoms with Gasteiger partial charge in [-0.3, -0.25) is 10.1 Å². The lowest BCUT2D eigenvalue weighted by Crippen LogP contribution is -2.27. The zero-order valence-corrected chi connectivity index (χ0v) is 12.8. The number of rotatable bonds is 3. The second-order valence-electron chi connectivity index (χ2n) is 5.56. The molecule has 0 fully saturated rings. The van der Waals surface area contributed by atoms with Crippen molar-refractivity contribution in [2.24, 2.45) is 0 Å². The standard InChI is InChI=1S/C15H21NO4/c1-9-7-12(16-14(18)20-15(3,4)5)10(2)13(19-6)11(9)8-17/h7-8H,1-6H3,(H,16,18). The van der Waals surface area contributed by atoms with Crippen LogP contribution in [0.4, 0.5) is 10.5 Å². The van der Waals surface area contributed by atoms with E-state index in [-0.39, 0.29) is 0 Å². The van der Waals surface area contributed by atoms with Gasteiger partial charge in [0.1, 0.15) is 11.4 Å². The minimum absolute atomic E-state index is 0.464. The van der Waals surface area contributed by atoms with Gasteiger partial charge >= 0.3 is 6.09 Å². The first-order valence-electron chi connectivity index (χ1n) is 6.33. The number of benzene rings is 1. The number of methoxy groups -OCH3 is 1. The molecule has 0 aliphatic heterocycles. The van der Waals surface area contributed by atoms with Gasteiger partial charge in [0.2, 0.25) is 0 Å². The van der Waals surface area contributed by atoms with Gasteiger partial charge in [-0.1, -0.05) is 0 Å². The maximum atomic E-state index is 11.8. The van der Waals surface area contributed by atoms with Crippen LogP contribution in [0.15, 0.2) is 6.07 Å². The van der Waals surface area contributed by atoms with Gasteiger partial charge in [0.25, 0.3) is 0 Å².